The van der Waals surface area contributed by atoms with Gasteiger partial charge in [-0.05, 0) is 36.6 Å². The molecule has 1 aromatic heterocycles. The molecular weight excluding hydrogens is 582 g/mol. The van der Waals surface area contributed by atoms with E-state index in [0.29, 0.717) is 60.7 Å². The van der Waals surface area contributed by atoms with Crippen LogP contribution in [0, 0.1) is 0 Å². The molecule has 5 amide bonds. The summed E-state index contributed by atoms with van der Waals surface area (Å²) in [6, 6.07) is 11.8. The zero-order valence-electron chi connectivity index (χ0n) is 24.4. The van der Waals surface area contributed by atoms with Crippen molar-refractivity contribution in [2.45, 2.75) is 44.2 Å². The van der Waals surface area contributed by atoms with Crippen LogP contribution in [0.15, 0.2) is 54.2 Å². The van der Waals surface area contributed by atoms with Crippen molar-refractivity contribution in [1.29, 1.82) is 0 Å². The Morgan fingerprint density at radius 3 is 2.50 bits per heavy atom. The Balaban J connectivity index is 1.27. The van der Waals surface area contributed by atoms with Gasteiger partial charge in [-0.2, -0.15) is 0 Å². The minimum atomic E-state index is -0.638. The summed E-state index contributed by atoms with van der Waals surface area (Å²) in [6.07, 6.45) is 3.28. The zero-order chi connectivity index (χ0) is 30.8. The van der Waals surface area contributed by atoms with E-state index in [1.54, 1.807) is 52.8 Å². The minimum absolute atomic E-state index is 0.0262. The summed E-state index contributed by atoms with van der Waals surface area (Å²) in [5.41, 5.74) is 4.07. The molecule has 2 atom stereocenters. The molecule has 0 bridgehead atoms. The predicted molar refractivity (Wildman–Crippen MR) is 161 cm³/mol. The van der Waals surface area contributed by atoms with Gasteiger partial charge in [-0.15, -0.1) is 11.3 Å². The number of benzene rings is 2. The maximum atomic E-state index is 13.6. The molecule has 228 valence electrons. The van der Waals surface area contributed by atoms with Gasteiger partial charge in [-0.3, -0.25) is 33.9 Å². The summed E-state index contributed by atoms with van der Waals surface area (Å²) in [4.78, 5) is 74.4. The van der Waals surface area contributed by atoms with E-state index in [1.165, 1.54) is 16.2 Å². The highest BCUT2D eigenvalue weighted by molar-refractivity contribution is 7.11. The highest BCUT2D eigenvalue weighted by Crippen LogP contribution is 2.40. The molecule has 0 unspecified atom stereocenters. The number of ether oxygens (including phenoxy) is 1. The Hall–Kier alpha value is -4.58. The number of carbonyl (C=O) groups excluding carboxylic acids is 5. The number of nitrogens with zero attached hydrogens (tertiary/aromatic N) is 4. The summed E-state index contributed by atoms with van der Waals surface area (Å²) in [5, 5.41) is 2.58. The second-order valence-corrected chi connectivity index (χ2v) is 12.0. The first-order chi connectivity index (χ1) is 21.4. The lowest BCUT2D eigenvalue weighted by atomic mass is 9.90. The van der Waals surface area contributed by atoms with Crippen molar-refractivity contribution in [2.75, 3.05) is 33.2 Å². The van der Waals surface area contributed by atoms with Gasteiger partial charge in [0, 0.05) is 45.0 Å². The first kappa shape index (κ1) is 29.5. The van der Waals surface area contributed by atoms with Gasteiger partial charge in [0.05, 0.1) is 42.0 Å². The van der Waals surface area contributed by atoms with Gasteiger partial charge in [0.25, 0.3) is 17.7 Å². The van der Waals surface area contributed by atoms with Crippen molar-refractivity contribution < 1.29 is 28.7 Å². The van der Waals surface area contributed by atoms with E-state index in [2.05, 4.69) is 10.3 Å². The summed E-state index contributed by atoms with van der Waals surface area (Å²) in [5.74, 6) is -0.584. The minimum Gasteiger partial charge on any atom is -0.488 e. The van der Waals surface area contributed by atoms with Crippen LogP contribution in [0.2, 0.25) is 0 Å². The Labute approximate surface area is 258 Å². The number of hydrogen-bond donors (Lipinski definition) is 1. The number of thiazole rings is 1. The van der Waals surface area contributed by atoms with E-state index in [-0.39, 0.29) is 43.2 Å². The van der Waals surface area contributed by atoms with E-state index in [4.69, 9.17) is 4.74 Å². The van der Waals surface area contributed by atoms with Crippen LogP contribution in [0.3, 0.4) is 0 Å². The molecule has 0 spiro atoms. The second kappa shape index (κ2) is 12.6. The van der Waals surface area contributed by atoms with Crippen LogP contribution < -0.4 is 10.1 Å². The van der Waals surface area contributed by atoms with Crippen LogP contribution in [0.25, 0.3) is 0 Å². The Bertz CT molecular complexity index is 1570. The molecule has 0 saturated carbocycles. The van der Waals surface area contributed by atoms with Gasteiger partial charge in [-0.25, -0.2) is 0 Å². The van der Waals surface area contributed by atoms with Gasteiger partial charge in [0.1, 0.15) is 16.7 Å². The number of nitrogens with one attached hydrogen (secondary N) is 1. The van der Waals surface area contributed by atoms with E-state index in [1.807, 2.05) is 18.2 Å². The van der Waals surface area contributed by atoms with Gasteiger partial charge in [-0.1, -0.05) is 24.3 Å². The molecule has 3 aliphatic rings. The molecule has 11 nitrogen and oxygen atoms in total. The van der Waals surface area contributed by atoms with Gasteiger partial charge in [0.2, 0.25) is 11.8 Å². The molecule has 0 aliphatic carbocycles. The molecule has 3 aliphatic heterocycles. The number of imide groups is 1. The second-order valence-electron chi connectivity index (χ2n) is 11.1. The number of hydrogen-bond acceptors (Lipinski definition) is 8. The van der Waals surface area contributed by atoms with E-state index in [9.17, 15) is 24.0 Å². The van der Waals surface area contributed by atoms with Crippen molar-refractivity contribution in [3.63, 3.8) is 0 Å². The van der Waals surface area contributed by atoms with E-state index in [0.717, 1.165) is 11.1 Å². The maximum absolute atomic E-state index is 13.6. The number of amides is 5. The topological polar surface area (TPSA) is 129 Å². The molecule has 44 heavy (non-hydrogen) atoms. The quantitative estimate of drug-likeness (QED) is 0.367. The molecule has 0 radical (unpaired) electrons. The zero-order valence-corrected chi connectivity index (χ0v) is 25.2. The summed E-state index contributed by atoms with van der Waals surface area (Å²) in [7, 11) is 1.56. The van der Waals surface area contributed by atoms with Crippen LogP contribution in [0.1, 0.15) is 73.2 Å². The predicted octanol–water partition coefficient (Wildman–Crippen LogP) is 3.07. The molecule has 4 heterocycles. The van der Waals surface area contributed by atoms with Crippen molar-refractivity contribution in [3.8, 4) is 5.75 Å². The van der Waals surface area contributed by atoms with Crippen LogP contribution in [0.5, 0.6) is 5.75 Å². The summed E-state index contributed by atoms with van der Waals surface area (Å²) >= 11 is 1.30. The fraction of sp³-hybridized carbons (Fsp3) is 0.375. The molecule has 2 aromatic carbocycles. The Morgan fingerprint density at radius 1 is 1.02 bits per heavy atom. The Kier molecular flexibility index (Phi) is 8.42. The first-order valence-electron chi connectivity index (χ1n) is 14.8. The number of rotatable bonds is 9. The summed E-state index contributed by atoms with van der Waals surface area (Å²) < 4.78 is 6.55. The number of carbonyl (C=O) groups is 5. The normalized spacial score (nSPS) is 19.2. The maximum Gasteiger partial charge on any atom is 0.265 e. The fourth-order valence-corrected chi connectivity index (χ4v) is 6.83. The monoisotopic (exact) mass is 615 g/mol. The average Bonchev–Trinajstić information content (AvgIpc) is 3.79. The van der Waals surface area contributed by atoms with Crippen LogP contribution in [-0.2, 0) is 16.0 Å². The van der Waals surface area contributed by atoms with Crippen LogP contribution in [-0.4, -0.2) is 88.6 Å². The molecule has 12 heteroatoms. The molecule has 6 rings (SSSR count). The van der Waals surface area contributed by atoms with E-state index >= 15 is 0 Å². The number of fused-ring (bicyclic) bond motifs is 2. The van der Waals surface area contributed by atoms with Crippen LogP contribution >= 0.6 is 11.3 Å². The third-order valence-electron chi connectivity index (χ3n) is 8.48. The van der Waals surface area contributed by atoms with E-state index < -0.39 is 17.9 Å². The van der Waals surface area contributed by atoms with Gasteiger partial charge in [0.15, 0.2) is 0 Å². The lowest BCUT2D eigenvalue weighted by molar-refractivity contribution is -0.134. The largest absolute Gasteiger partial charge is 0.488 e. The van der Waals surface area contributed by atoms with Gasteiger partial charge >= 0.3 is 0 Å². The van der Waals surface area contributed by atoms with Crippen molar-refractivity contribution in [2.24, 2.45) is 0 Å². The van der Waals surface area contributed by atoms with Crippen LogP contribution in [0.4, 0.5) is 0 Å². The fourth-order valence-electron chi connectivity index (χ4n) is 6.24. The number of aromatic nitrogens is 1. The third-order valence-corrected chi connectivity index (χ3v) is 9.25. The molecule has 1 fully saturated rings. The SMILES string of the molecule is CNC(=O)CCCC(=O)N1CCc2cccc(O[C@H]3CCN(C(=O)c4cncs4)C3)c2[C@H]1CN1C(=O)c2ccccc2C1=O. The highest BCUT2D eigenvalue weighted by atomic mass is 32.1. The van der Waals surface area contributed by atoms with Crippen molar-refractivity contribution in [3.05, 3.63) is 81.3 Å². The number of likely N-dealkylation sites (tertiary alicyclic amines) is 1. The standard InChI is InChI=1S/C32H33N5O6S/c1-33-27(38)10-5-11-28(39)36-15-12-20-6-4-9-25(43-21-13-14-35(17-21)32(42)26-16-34-19-44-26)29(20)24(36)18-37-30(40)22-7-2-3-8-23(22)31(37)41/h2-4,6-9,16,19,21,24H,5,10-15,17-18H2,1H3,(H,33,38)/t21-,24+/m0/s1. The Morgan fingerprint density at radius 2 is 1.80 bits per heavy atom. The molecule has 3 aromatic rings. The highest BCUT2D eigenvalue weighted by Gasteiger charge is 2.42. The summed E-state index contributed by atoms with van der Waals surface area (Å²) in [6.45, 7) is 1.33. The third kappa shape index (κ3) is 5.69. The van der Waals surface area contributed by atoms with Crippen molar-refractivity contribution >= 4 is 40.9 Å². The first-order valence-corrected chi connectivity index (χ1v) is 15.6. The average molecular weight is 616 g/mol. The smallest absolute Gasteiger partial charge is 0.265 e. The molecular formula is C32H33N5O6S. The van der Waals surface area contributed by atoms with Gasteiger partial charge < -0.3 is 19.9 Å². The molecule has 1 N–H and O–H groups in total. The lowest BCUT2D eigenvalue weighted by Gasteiger charge is -2.40. The molecule has 1 saturated heterocycles. The lowest BCUT2D eigenvalue weighted by Crippen LogP contribution is -2.46. The van der Waals surface area contributed by atoms with Crippen molar-refractivity contribution in [1.82, 2.24) is 25.0 Å².